The Morgan fingerprint density at radius 3 is 2.07 bits per heavy atom. The van der Waals surface area contributed by atoms with Crippen LogP contribution in [-0.2, 0) is 0 Å². The van der Waals surface area contributed by atoms with Crippen molar-refractivity contribution in [3.63, 3.8) is 0 Å². The normalized spacial score (nSPS) is 11.6. The Morgan fingerprint density at radius 1 is 0.621 bits per heavy atom. The van der Waals surface area contributed by atoms with E-state index in [0.29, 0.717) is 0 Å². The van der Waals surface area contributed by atoms with Gasteiger partial charge in [0.25, 0.3) is 0 Å². The number of hydrogen-bond donors (Lipinski definition) is 0. The molecule has 0 amide bonds. The van der Waals surface area contributed by atoms with Crippen LogP contribution >= 0.6 is 15.9 Å². The van der Waals surface area contributed by atoms with Crippen LogP contribution in [0.1, 0.15) is 0 Å². The van der Waals surface area contributed by atoms with Gasteiger partial charge in [-0.05, 0) is 30.3 Å². The molecule has 6 aromatic rings. The summed E-state index contributed by atoms with van der Waals surface area (Å²) in [4.78, 5) is 14.5. The summed E-state index contributed by atoms with van der Waals surface area (Å²) in [6.45, 7) is 0. The van der Waals surface area contributed by atoms with Crippen LogP contribution in [0.15, 0.2) is 89.7 Å². The Labute approximate surface area is 175 Å². The van der Waals surface area contributed by atoms with E-state index in [9.17, 15) is 0 Å². The first-order valence-electron chi connectivity index (χ1n) is 9.41. The molecule has 0 aliphatic rings. The first-order chi connectivity index (χ1) is 14.3. The Kier molecular flexibility index (Phi) is 3.61. The van der Waals surface area contributed by atoms with Crippen LogP contribution in [0.2, 0.25) is 0 Å². The third-order valence-corrected chi connectivity index (χ3v) is 5.86. The maximum Gasteiger partial charge on any atom is 0.0971 e. The maximum absolute atomic E-state index is 5.10. The van der Waals surface area contributed by atoms with E-state index in [1.807, 2.05) is 42.7 Å². The summed E-state index contributed by atoms with van der Waals surface area (Å²) in [6, 6.07) is 24.9. The van der Waals surface area contributed by atoms with Gasteiger partial charge in [0.2, 0.25) is 0 Å². The zero-order chi connectivity index (χ0) is 19.4. The van der Waals surface area contributed by atoms with Gasteiger partial charge in [-0.25, -0.2) is 4.98 Å². The number of rotatable bonds is 1. The summed E-state index contributed by atoms with van der Waals surface area (Å²) in [5.74, 6) is 0. The third kappa shape index (κ3) is 2.46. The molecule has 0 saturated carbocycles. The van der Waals surface area contributed by atoms with Crippen molar-refractivity contribution in [3.8, 4) is 11.3 Å². The Bertz CT molecular complexity index is 1570. The van der Waals surface area contributed by atoms with Crippen molar-refractivity contribution in [1.29, 1.82) is 0 Å². The van der Waals surface area contributed by atoms with Crippen molar-refractivity contribution in [2.45, 2.75) is 0 Å². The lowest BCUT2D eigenvalue weighted by molar-refractivity contribution is 1.38. The van der Waals surface area contributed by atoms with E-state index in [1.54, 1.807) is 0 Å². The summed E-state index contributed by atoms with van der Waals surface area (Å²) in [5.41, 5.74) is 4.84. The standard InChI is InChI=1S/C25H14BrN3/c26-16-7-3-6-15(14-16)23-22-19-10-5-13-28-25(19)24-18(9-4-12-27-24)21(22)17-8-1-2-11-20(17)29-23/h1-14H. The zero-order valence-electron chi connectivity index (χ0n) is 15.3. The molecular formula is C25H14BrN3. The predicted octanol–water partition coefficient (Wildman–Crippen LogP) is 6.91. The predicted molar refractivity (Wildman–Crippen MR) is 123 cm³/mol. The summed E-state index contributed by atoms with van der Waals surface area (Å²) in [5, 5.41) is 5.59. The molecule has 6 rings (SSSR count). The highest BCUT2D eigenvalue weighted by molar-refractivity contribution is 9.10. The Balaban J connectivity index is 1.99. The van der Waals surface area contributed by atoms with Crippen molar-refractivity contribution >= 4 is 59.4 Å². The molecule has 3 aromatic carbocycles. The van der Waals surface area contributed by atoms with Crippen LogP contribution in [0.25, 0.3) is 54.7 Å². The first-order valence-corrected chi connectivity index (χ1v) is 10.2. The highest BCUT2D eigenvalue weighted by atomic mass is 79.9. The van der Waals surface area contributed by atoms with E-state index in [2.05, 4.69) is 58.4 Å². The molecule has 4 heteroatoms. The van der Waals surface area contributed by atoms with Gasteiger partial charge in [0.1, 0.15) is 0 Å². The second-order valence-electron chi connectivity index (χ2n) is 7.04. The van der Waals surface area contributed by atoms with Gasteiger partial charge in [0, 0.05) is 49.4 Å². The highest BCUT2D eigenvalue weighted by Gasteiger charge is 2.18. The van der Waals surface area contributed by atoms with Crippen molar-refractivity contribution in [1.82, 2.24) is 15.0 Å². The summed E-state index contributed by atoms with van der Waals surface area (Å²) < 4.78 is 1.03. The van der Waals surface area contributed by atoms with E-state index >= 15 is 0 Å². The molecule has 136 valence electrons. The fraction of sp³-hybridized carbons (Fsp3) is 0. The van der Waals surface area contributed by atoms with Crippen molar-refractivity contribution in [3.05, 3.63) is 89.7 Å². The molecular weight excluding hydrogens is 422 g/mol. The average molecular weight is 436 g/mol. The fourth-order valence-electron chi connectivity index (χ4n) is 4.19. The summed E-state index contributed by atoms with van der Waals surface area (Å²) in [7, 11) is 0. The molecule has 0 N–H and O–H groups in total. The SMILES string of the molecule is Brc1cccc(-c2nc3ccccc3c3c4cccnc4c4ncccc4c23)c1. The third-order valence-electron chi connectivity index (χ3n) is 5.37. The molecule has 3 heterocycles. The van der Waals surface area contributed by atoms with E-state index in [-0.39, 0.29) is 0 Å². The lowest BCUT2D eigenvalue weighted by Gasteiger charge is -2.15. The molecule has 0 bridgehead atoms. The van der Waals surface area contributed by atoms with Gasteiger partial charge in [0.05, 0.1) is 22.2 Å². The number of hydrogen-bond acceptors (Lipinski definition) is 3. The smallest absolute Gasteiger partial charge is 0.0971 e. The Morgan fingerprint density at radius 2 is 1.31 bits per heavy atom. The van der Waals surface area contributed by atoms with E-state index in [4.69, 9.17) is 15.0 Å². The minimum absolute atomic E-state index is 0.906. The number of nitrogens with zero attached hydrogens (tertiary/aromatic N) is 3. The van der Waals surface area contributed by atoms with Gasteiger partial charge in [-0.3, -0.25) is 9.97 Å². The largest absolute Gasteiger partial charge is 0.254 e. The number of pyridine rings is 3. The van der Waals surface area contributed by atoms with Crippen molar-refractivity contribution in [2.24, 2.45) is 0 Å². The van der Waals surface area contributed by atoms with Crippen LogP contribution in [0, 0.1) is 0 Å². The summed E-state index contributed by atoms with van der Waals surface area (Å²) in [6.07, 6.45) is 3.66. The summed E-state index contributed by atoms with van der Waals surface area (Å²) >= 11 is 3.61. The molecule has 0 aliphatic heterocycles. The lowest BCUT2D eigenvalue weighted by Crippen LogP contribution is -1.94. The number of aromatic nitrogens is 3. The minimum Gasteiger partial charge on any atom is -0.254 e. The van der Waals surface area contributed by atoms with Crippen LogP contribution in [0.5, 0.6) is 0 Å². The molecule has 29 heavy (non-hydrogen) atoms. The zero-order valence-corrected chi connectivity index (χ0v) is 16.9. The topological polar surface area (TPSA) is 38.7 Å². The molecule has 0 aliphatic carbocycles. The minimum atomic E-state index is 0.906. The monoisotopic (exact) mass is 435 g/mol. The lowest BCUT2D eigenvalue weighted by atomic mass is 9.93. The molecule has 3 nitrogen and oxygen atoms in total. The number of halogens is 1. The Hall–Kier alpha value is -3.37. The van der Waals surface area contributed by atoms with Gasteiger partial charge < -0.3 is 0 Å². The molecule has 0 unspecified atom stereocenters. The molecule has 0 spiro atoms. The van der Waals surface area contributed by atoms with Crippen LogP contribution in [0.3, 0.4) is 0 Å². The van der Waals surface area contributed by atoms with Gasteiger partial charge >= 0.3 is 0 Å². The van der Waals surface area contributed by atoms with Crippen molar-refractivity contribution in [2.75, 3.05) is 0 Å². The number of para-hydroxylation sites is 1. The van der Waals surface area contributed by atoms with Crippen molar-refractivity contribution < 1.29 is 0 Å². The van der Waals surface area contributed by atoms with Crippen LogP contribution in [-0.4, -0.2) is 15.0 Å². The van der Waals surface area contributed by atoms with Crippen LogP contribution in [0.4, 0.5) is 0 Å². The number of benzene rings is 3. The van der Waals surface area contributed by atoms with Gasteiger partial charge in [-0.2, -0.15) is 0 Å². The highest BCUT2D eigenvalue weighted by Crippen LogP contribution is 2.41. The van der Waals surface area contributed by atoms with Gasteiger partial charge in [0.15, 0.2) is 0 Å². The average Bonchev–Trinajstić information content (AvgIpc) is 2.78. The molecule has 0 atom stereocenters. The van der Waals surface area contributed by atoms with E-state index in [1.165, 1.54) is 5.39 Å². The van der Waals surface area contributed by atoms with E-state index in [0.717, 1.165) is 53.8 Å². The number of fused-ring (bicyclic) bond motifs is 8. The van der Waals surface area contributed by atoms with E-state index < -0.39 is 0 Å². The fourth-order valence-corrected chi connectivity index (χ4v) is 4.59. The second kappa shape index (κ2) is 6.33. The molecule has 0 radical (unpaired) electrons. The molecule has 0 fully saturated rings. The molecule has 0 saturated heterocycles. The van der Waals surface area contributed by atoms with Crippen LogP contribution < -0.4 is 0 Å². The first kappa shape index (κ1) is 16.6. The second-order valence-corrected chi connectivity index (χ2v) is 7.95. The van der Waals surface area contributed by atoms with Gasteiger partial charge in [-0.1, -0.05) is 58.4 Å². The maximum atomic E-state index is 5.10. The van der Waals surface area contributed by atoms with Gasteiger partial charge in [-0.15, -0.1) is 0 Å². The molecule has 3 aromatic heterocycles. The quantitative estimate of drug-likeness (QED) is 0.263.